The van der Waals surface area contributed by atoms with E-state index in [-0.39, 0.29) is 5.56 Å². The largest absolute Gasteiger partial charge is 0.480 e. The predicted molar refractivity (Wildman–Crippen MR) is 53.8 cm³/mol. The number of amides is 1. The number of alkyl halides is 3. The van der Waals surface area contributed by atoms with Gasteiger partial charge in [0.1, 0.15) is 6.04 Å². The van der Waals surface area contributed by atoms with Crippen molar-refractivity contribution in [3.63, 3.8) is 0 Å². The first-order valence-electron chi connectivity index (χ1n) is 4.77. The van der Waals surface area contributed by atoms with Gasteiger partial charge in [-0.15, -0.1) is 0 Å². The van der Waals surface area contributed by atoms with E-state index in [1.165, 1.54) is 6.92 Å². The molecule has 8 heteroatoms. The fourth-order valence-electron chi connectivity index (χ4n) is 1.06. The number of carbonyl (C=O) groups excluding carboxylic acids is 1. The molecule has 2 N–H and O–H groups in total. The molecule has 0 spiro atoms. The Kier molecular flexibility index (Phi) is 3.89. The molecule has 1 atom stereocenters. The molecule has 1 aromatic rings. The molecule has 0 saturated carbocycles. The molecule has 1 heterocycles. The van der Waals surface area contributed by atoms with Crippen LogP contribution in [0.3, 0.4) is 0 Å². The fourth-order valence-corrected chi connectivity index (χ4v) is 1.06. The molecule has 0 aliphatic heterocycles. The van der Waals surface area contributed by atoms with E-state index in [4.69, 9.17) is 5.11 Å². The molecular formula is C10H9F3N2O3. The van der Waals surface area contributed by atoms with Crippen molar-refractivity contribution >= 4 is 11.9 Å². The average molecular weight is 262 g/mol. The summed E-state index contributed by atoms with van der Waals surface area (Å²) in [5, 5.41) is 10.6. The van der Waals surface area contributed by atoms with Gasteiger partial charge in [0.2, 0.25) is 0 Å². The number of hydrogen-bond acceptors (Lipinski definition) is 3. The fraction of sp³-hybridized carbons (Fsp3) is 0.300. The van der Waals surface area contributed by atoms with Crippen LogP contribution >= 0.6 is 0 Å². The predicted octanol–water partition coefficient (Wildman–Crippen LogP) is 1.30. The monoisotopic (exact) mass is 262 g/mol. The maximum Gasteiger partial charge on any atom is 0.417 e. The lowest BCUT2D eigenvalue weighted by Crippen LogP contribution is -2.38. The summed E-state index contributed by atoms with van der Waals surface area (Å²) in [6.07, 6.45) is -3.10. The van der Waals surface area contributed by atoms with Gasteiger partial charge in [0.15, 0.2) is 0 Å². The van der Waals surface area contributed by atoms with Crippen molar-refractivity contribution in [1.82, 2.24) is 10.3 Å². The van der Waals surface area contributed by atoms with Gasteiger partial charge >= 0.3 is 12.1 Å². The number of nitrogens with one attached hydrogen (secondary N) is 1. The van der Waals surface area contributed by atoms with Gasteiger partial charge in [0.25, 0.3) is 5.91 Å². The molecule has 0 aliphatic carbocycles. The van der Waals surface area contributed by atoms with Crippen molar-refractivity contribution < 1.29 is 27.9 Å². The first-order valence-corrected chi connectivity index (χ1v) is 4.77. The summed E-state index contributed by atoms with van der Waals surface area (Å²) in [6.45, 7) is 1.20. The second kappa shape index (κ2) is 5.03. The normalized spacial score (nSPS) is 12.9. The Balaban J connectivity index is 2.91. The lowest BCUT2D eigenvalue weighted by atomic mass is 10.2. The van der Waals surface area contributed by atoms with Crippen molar-refractivity contribution in [3.8, 4) is 0 Å². The summed E-state index contributed by atoms with van der Waals surface area (Å²) in [4.78, 5) is 25.2. The molecule has 1 aromatic heterocycles. The van der Waals surface area contributed by atoms with Crippen LogP contribution in [-0.4, -0.2) is 28.0 Å². The molecule has 0 radical (unpaired) electrons. The minimum atomic E-state index is -4.61. The zero-order valence-electron chi connectivity index (χ0n) is 9.15. The third-order valence-corrected chi connectivity index (χ3v) is 2.05. The molecule has 0 aliphatic rings. The summed E-state index contributed by atoms with van der Waals surface area (Å²) in [5.41, 5.74) is -1.42. The Morgan fingerprint density at radius 1 is 1.39 bits per heavy atom. The maximum atomic E-state index is 12.4. The number of pyridine rings is 1. The minimum Gasteiger partial charge on any atom is -0.480 e. The number of rotatable bonds is 3. The van der Waals surface area contributed by atoms with Crippen molar-refractivity contribution in [1.29, 1.82) is 0 Å². The summed E-state index contributed by atoms with van der Waals surface area (Å²) in [5.74, 6) is -2.22. The second-order valence-electron chi connectivity index (χ2n) is 3.49. The van der Waals surface area contributed by atoms with Gasteiger partial charge < -0.3 is 10.4 Å². The number of carbonyl (C=O) groups is 2. The van der Waals surface area contributed by atoms with Crippen LogP contribution in [0.2, 0.25) is 0 Å². The van der Waals surface area contributed by atoms with Crippen LogP contribution in [0.1, 0.15) is 22.8 Å². The number of carboxylic acid groups (broad SMARTS) is 1. The van der Waals surface area contributed by atoms with E-state index in [9.17, 15) is 22.8 Å². The summed E-state index contributed by atoms with van der Waals surface area (Å²) in [7, 11) is 0. The smallest absolute Gasteiger partial charge is 0.417 e. The van der Waals surface area contributed by atoms with Crippen LogP contribution < -0.4 is 5.32 Å². The molecular weight excluding hydrogens is 253 g/mol. The van der Waals surface area contributed by atoms with E-state index in [0.717, 1.165) is 6.20 Å². The Morgan fingerprint density at radius 3 is 2.50 bits per heavy atom. The zero-order valence-corrected chi connectivity index (χ0v) is 9.15. The molecule has 98 valence electrons. The van der Waals surface area contributed by atoms with Crippen LogP contribution in [0, 0.1) is 0 Å². The molecule has 1 rings (SSSR count). The number of nitrogens with zero attached hydrogens (tertiary/aromatic N) is 1. The SMILES string of the molecule is C[C@H](NC(=O)c1cncc(C(F)(F)F)c1)C(=O)O. The van der Waals surface area contributed by atoms with Gasteiger partial charge in [-0.1, -0.05) is 0 Å². The van der Waals surface area contributed by atoms with Crippen LogP contribution in [0.15, 0.2) is 18.5 Å². The molecule has 0 unspecified atom stereocenters. The van der Waals surface area contributed by atoms with Crippen LogP contribution in [0.4, 0.5) is 13.2 Å². The third kappa shape index (κ3) is 3.44. The van der Waals surface area contributed by atoms with Gasteiger partial charge in [-0.25, -0.2) is 0 Å². The average Bonchev–Trinajstić information content (AvgIpc) is 2.27. The van der Waals surface area contributed by atoms with Gasteiger partial charge in [0.05, 0.1) is 11.1 Å². The van der Waals surface area contributed by atoms with E-state index in [2.05, 4.69) is 4.98 Å². The van der Waals surface area contributed by atoms with Gasteiger partial charge in [0, 0.05) is 12.4 Å². The van der Waals surface area contributed by atoms with Crippen LogP contribution in [-0.2, 0) is 11.0 Å². The molecule has 5 nitrogen and oxygen atoms in total. The highest BCUT2D eigenvalue weighted by molar-refractivity contribution is 5.96. The number of halogens is 3. The van der Waals surface area contributed by atoms with E-state index in [0.29, 0.717) is 12.3 Å². The lowest BCUT2D eigenvalue weighted by Gasteiger charge is -2.10. The van der Waals surface area contributed by atoms with E-state index >= 15 is 0 Å². The van der Waals surface area contributed by atoms with Crippen LogP contribution in [0.5, 0.6) is 0 Å². The molecule has 0 fully saturated rings. The second-order valence-corrected chi connectivity index (χ2v) is 3.49. The summed E-state index contributed by atoms with van der Waals surface area (Å²) < 4.78 is 37.1. The first kappa shape index (κ1) is 13.9. The van der Waals surface area contributed by atoms with E-state index in [1.807, 2.05) is 5.32 Å². The van der Waals surface area contributed by atoms with Crippen molar-refractivity contribution in [3.05, 3.63) is 29.6 Å². The first-order chi connectivity index (χ1) is 8.21. The molecule has 0 bridgehead atoms. The topological polar surface area (TPSA) is 79.3 Å². The molecule has 0 aromatic carbocycles. The molecule has 1 amide bonds. The Morgan fingerprint density at radius 2 is 2.00 bits per heavy atom. The Bertz CT molecular complexity index is 474. The molecule has 0 saturated heterocycles. The zero-order chi connectivity index (χ0) is 13.9. The van der Waals surface area contributed by atoms with E-state index in [1.54, 1.807) is 0 Å². The highest BCUT2D eigenvalue weighted by Crippen LogP contribution is 2.28. The van der Waals surface area contributed by atoms with Crippen molar-refractivity contribution in [2.24, 2.45) is 0 Å². The maximum absolute atomic E-state index is 12.4. The van der Waals surface area contributed by atoms with Gasteiger partial charge in [-0.05, 0) is 13.0 Å². The number of aliphatic carboxylic acids is 1. The number of carboxylic acids is 1. The molecule has 18 heavy (non-hydrogen) atoms. The lowest BCUT2D eigenvalue weighted by molar-refractivity contribution is -0.139. The Labute approximate surface area is 99.6 Å². The Hall–Kier alpha value is -2.12. The summed E-state index contributed by atoms with van der Waals surface area (Å²) >= 11 is 0. The van der Waals surface area contributed by atoms with E-state index < -0.39 is 29.7 Å². The van der Waals surface area contributed by atoms with Crippen molar-refractivity contribution in [2.45, 2.75) is 19.1 Å². The van der Waals surface area contributed by atoms with Gasteiger partial charge in [-0.2, -0.15) is 13.2 Å². The van der Waals surface area contributed by atoms with Gasteiger partial charge in [-0.3, -0.25) is 14.6 Å². The minimum absolute atomic E-state index is 0.349. The quantitative estimate of drug-likeness (QED) is 0.860. The third-order valence-electron chi connectivity index (χ3n) is 2.05. The number of aromatic nitrogens is 1. The summed E-state index contributed by atoms with van der Waals surface area (Å²) in [6, 6.07) is -0.594. The van der Waals surface area contributed by atoms with Crippen molar-refractivity contribution in [2.75, 3.05) is 0 Å². The standard InChI is InChI=1S/C10H9F3N2O3/c1-5(9(17)18)15-8(16)6-2-7(4-14-3-6)10(11,12)13/h2-5H,1H3,(H,15,16)(H,17,18)/t5-/m0/s1. The van der Waals surface area contributed by atoms with Crippen LogP contribution in [0.25, 0.3) is 0 Å². The number of hydrogen-bond donors (Lipinski definition) is 2. The highest BCUT2D eigenvalue weighted by Gasteiger charge is 2.31. The highest BCUT2D eigenvalue weighted by atomic mass is 19.4.